The highest BCUT2D eigenvalue weighted by Crippen LogP contribution is 2.21. The Bertz CT molecular complexity index is 701. The molecule has 0 fully saturated rings. The molecule has 4 N–H and O–H groups in total. The Balaban J connectivity index is 2.15. The van der Waals surface area contributed by atoms with Crippen molar-refractivity contribution in [2.75, 3.05) is 16.4 Å². The van der Waals surface area contributed by atoms with E-state index in [4.69, 9.17) is 5.73 Å². The summed E-state index contributed by atoms with van der Waals surface area (Å²) in [5.74, 6) is -0.420. The number of anilines is 3. The van der Waals surface area contributed by atoms with Crippen LogP contribution in [0.2, 0.25) is 0 Å². The molecule has 0 spiro atoms. The number of amides is 2. The van der Waals surface area contributed by atoms with Gasteiger partial charge in [0.15, 0.2) is 0 Å². The van der Waals surface area contributed by atoms with Gasteiger partial charge in [-0.1, -0.05) is 6.07 Å². The first kappa shape index (κ1) is 15.1. The zero-order chi connectivity index (χ0) is 15.4. The normalized spacial score (nSPS) is 10.0. The Kier molecular flexibility index (Phi) is 4.59. The van der Waals surface area contributed by atoms with E-state index in [1.165, 1.54) is 6.92 Å². The maximum atomic E-state index is 12.2. The van der Waals surface area contributed by atoms with Crippen molar-refractivity contribution in [3.05, 3.63) is 52.5 Å². The molecule has 0 atom stereocenters. The predicted octanol–water partition coefficient (Wildman–Crippen LogP) is 3.24. The van der Waals surface area contributed by atoms with Gasteiger partial charge in [0, 0.05) is 34.0 Å². The van der Waals surface area contributed by atoms with Gasteiger partial charge in [0.1, 0.15) is 0 Å². The van der Waals surface area contributed by atoms with Crippen molar-refractivity contribution in [3.8, 4) is 0 Å². The van der Waals surface area contributed by atoms with Crippen LogP contribution in [0.4, 0.5) is 17.1 Å². The van der Waals surface area contributed by atoms with Gasteiger partial charge in [0.05, 0.1) is 0 Å². The van der Waals surface area contributed by atoms with Crippen LogP contribution >= 0.6 is 15.9 Å². The number of hydrogen-bond donors (Lipinski definition) is 3. The van der Waals surface area contributed by atoms with E-state index >= 15 is 0 Å². The number of carbonyl (C=O) groups excluding carboxylic acids is 2. The zero-order valence-electron chi connectivity index (χ0n) is 11.3. The zero-order valence-corrected chi connectivity index (χ0v) is 12.9. The van der Waals surface area contributed by atoms with Gasteiger partial charge in [-0.05, 0) is 52.3 Å². The number of rotatable bonds is 3. The van der Waals surface area contributed by atoms with E-state index in [1.807, 2.05) is 0 Å². The number of hydrogen-bond acceptors (Lipinski definition) is 3. The fourth-order valence-electron chi connectivity index (χ4n) is 1.75. The van der Waals surface area contributed by atoms with Gasteiger partial charge < -0.3 is 16.4 Å². The molecule has 2 rings (SSSR count). The van der Waals surface area contributed by atoms with E-state index in [1.54, 1.807) is 42.5 Å². The van der Waals surface area contributed by atoms with E-state index < -0.39 is 0 Å². The van der Waals surface area contributed by atoms with Crippen LogP contribution in [0.15, 0.2) is 46.9 Å². The van der Waals surface area contributed by atoms with Crippen molar-refractivity contribution in [1.82, 2.24) is 0 Å². The number of carbonyl (C=O) groups is 2. The third-order valence-corrected chi connectivity index (χ3v) is 3.39. The van der Waals surface area contributed by atoms with E-state index in [2.05, 4.69) is 26.6 Å². The monoisotopic (exact) mass is 347 g/mol. The van der Waals surface area contributed by atoms with E-state index in [0.29, 0.717) is 27.1 Å². The lowest BCUT2D eigenvalue weighted by Gasteiger charge is -2.08. The summed E-state index contributed by atoms with van der Waals surface area (Å²) in [5.41, 5.74) is 7.96. The van der Waals surface area contributed by atoms with Crippen LogP contribution in [0.3, 0.4) is 0 Å². The molecule has 0 aromatic heterocycles. The Hall–Kier alpha value is -2.34. The lowest BCUT2D eigenvalue weighted by molar-refractivity contribution is -0.114. The minimum atomic E-state index is -0.254. The average molecular weight is 348 g/mol. The molecule has 0 bridgehead atoms. The molecule has 6 heteroatoms. The van der Waals surface area contributed by atoms with Gasteiger partial charge in [0.2, 0.25) is 5.91 Å². The molecule has 0 radical (unpaired) electrons. The van der Waals surface area contributed by atoms with Crippen molar-refractivity contribution < 1.29 is 9.59 Å². The maximum absolute atomic E-state index is 12.2. The molecule has 0 aliphatic rings. The molecule has 2 amide bonds. The lowest BCUT2D eigenvalue weighted by Crippen LogP contribution is -2.12. The highest BCUT2D eigenvalue weighted by molar-refractivity contribution is 9.10. The van der Waals surface area contributed by atoms with E-state index in [9.17, 15) is 9.59 Å². The first-order valence-electron chi connectivity index (χ1n) is 6.20. The van der Waals surface area contributed by atoms with Crippen molar-refractivity contribution in [2.45, 2.75) is 6.92 Å². The number of nitrogens with two attached hydrogens (primary N) is 1. The van der Waals surface area contributed by atoms with Gasteiger partial charge in [0.25, 0.3) is 5.91 Å². The minimum Gasteiger partial charge on any atom is -0.398 e. The molecule has 0 aliphatic carbocycles. The fraction of sp³-hybridized carbons (Fsp3) is 0.0667. The fourth-order valence-corrected chi connectivity index (χ4v) is 2.13. The summed E-state index contributed by atoms with van der Waals surface area (Å²) in [4.78, 5) is 23.2. The van der Waals surface area contributed by atoms with E-state index in [-0.39, 0.29) is 11.8 Å². The first-order valence-corrected chi connectivity index (χ1v) is 6.99. The Morgan fingerprint density at radius 1 is 1.05 bits per heavy atom. The molecule has 0 saturated carbocycles. The Morgan fingerprint density at radius 2 is 1.71 bits per heavy atom. The number of benzene rings is 2. The Labute approximate surface area is 130 Å². The van der Waals surface area contributed by atoms with Crippen LogP contribution in [0.5, 0.6) is 0 Å². The summed E-state index contributed by atoms with van der Waals surface area (Å²) in [6.45, 7) is 1.43. The summed E-state index contributed by atoms with van der Waals surface area (Å²) >= 11 is 3.29. The van der Waals surface area contributed by atoms with Crippen LogP contribution in [-0.2, 0) is 4.79 Å². The molecular formula is C15H14BrN3O2. The maximum Gasteiger partial charge on any atom is 0.255 e. The van der Waals surface area contributed by atoms with Crippen LogP contribution in [-0.4, -0.2) is 11.8 Å². The lowest BCUT2D eigenvalue weighted by atomic mass is 10.2. The van der Waals surface area contributed by atoms with Crippen LogP contribution in [0, 0.1) is 0 Å². The van der Waals surface area contributed by atoms with Crippen LogP contribution in [0.25, 0.3) is 0 Å². The third kappa shape index (κ3) is 4.06. The molecule has 2 aromatic rings. The van der Waals surface area contributed by atoms with Crippen molar-refractivity contribution in [1.29, 1.82) is 0 Å². The summed E-state index contributed by atoms with van der Waals surface area (Å²) in [6.07, 6.45) is 0. The number of nitrogens with one attached hydrogen (secondary N) is 2. The third-order valence-electron chi connectivity index (χ3n) is 2.70. The van der Waals surface area contributed by atoms with Gasteiger partial charge in [-0.25, -0.2) is 0 Å². The van der Waals surface area contributed by atoms with Crippen molar-refractivity contribution in [3.63, 3.8) is 0 Å². The van der Waals surface area contributed by atoms with Gasteiger partial charge in [-0.2, -0.15) is 0 Å². The van der Waals surface area contributed by atoms with Crippen LogP contribution < -0.4 is 16.4 Å². The second kappa shape index (κ2) is 6.41. The molecular weight excluding hydrogens is 334 g/mol. The number of halogens is 1. The van der Waals surface area contributed by atoms with Crippen LogP contribution in [0.1, 0.15) is 17.3 Å². The summed E-state index contributed by atoms with van der Waals surface area (Å²) in [5, 5.41) is 5.43. The van der Waals surface area contributed by atoms with Gasteiger partial charge in [-0.15, -0.1) is 0 Å². The molecule has 0 unspecified atom stereocenters. The average Bonchev–Trinajstić information content (AvgIpc) is 2.41. The first-order chi connectivity index (χ1) is 9.95. The predicted molar refractivity (Wildman–Crippen MR) is 87.3 cm³/mol. The molecule has 0 aliphatic heterocycles. The minimum absolute atomic E-state index is 0.166. The topological polar surface area (TPSA) is 84.2 Å². The van der Waals surface area contributed by atoms with Gasteiger partial charge in [-0.3, -0.25) is 9.59 Å². The second-order valence-corrected chi connectivity index (χ2v) is 5.31. The van der Waals surface area contributed by atoms with Gasteiger partial charge >= 0.3 is 0 Å². The number of nitrogen functional groups attached to an aromatic ring is 1. The van der Waals surface area contributed by atoms with Crippen molar-refractivity contribution in [2.24, 2.45) is 0 Å². The standard InChI is InChI=1S/C15H14BrN3O2/c1-9(20)18-11-3-2-4-12(8-11)19-15(21)10-5-6-14(17)13(16)7-10/h2-8H,17H2,1H3,(H,18,20)(H,19,21). The summed E-state index contributed by atoms with van der Waals surface area (Å²) in [6, 6.07) is 11.9. The quantitative estimate of drug-likeness (QED) is 0.745. The smallest absolute Gasteiger partial charge is 0.255 e. The summed E-state index contributed by atoms with van der Waals surface area (Å²) < 4.78 is 0.669. The highest BCUT2D eigenvalue weighted by atomic mass is 79.9. The molecule has 108 valence electrons. The molecule has 2 aromatic carbocycles. The SMILES string of the molecule is CC(=O)Nc1cccc(NC(=O)c2ccc(N)c(Br)c2)c1. The molecule has 0 saturated heterocycles. The summed E-state index contributed by atoms with van der Waals surface area (Å²) in [7, 11) is 0. The Morgan fingerprint density at radius 3 is 2.33 bits per heavy atom. The highest BCUT2D eigenvalue weighted by Gasteiger charge is 2.08. The van der Waals surface area contributed by atoms with Crippen molar-refractivity contribution >= 4 is 44.8 Å². The second-order valence-electron chi connectivity index (χ2n) is 4.45. The molecule has 0 heterocycles. The molecule has 5 nitrogen and oxygen atoms in total. The largest absolute Gasteiger partial charge is 0.398 e. The molecule has 21 heavy (non-hydrogen) atoms. The van der Waals surface area contributed by atoms with E-state index in [0.717, 1.165) is 0 Å².